The van der Waals surface area contributed by atoms with Crippen molar-refractivity contribution in [1.29, 1.82) is 0 Å². The molecule has 2 aromatic heterocycles. The average Bonchev–Trinajstić information content (AvgIpc) is 3.42. The van der Waals surface area contributed by atoms with Crippen LogP contribution in [0.15, 0.2) is 40.8 Å². The molecule has 0 saturated carbocycles. The number of aromatic nitrogens is 2. The van der Waals surface area contributed by atoms with Gasteiger partial charge in [0.2, 0.25) is 0 Å². The number of hydrogen-bond acceptors (Lipinski definition) is 5. The zero-order valence-electron chi connectivity index (χ0n) is 18.0. The molecule has 1 amide bonds. The fraction of sp³-hybridized carbons (Fsp3) is 0.364. The third-order valence-corrected chi connectivity index (χ3v) is 4.53. The highest BCUT2D eigenvalue weighted by Crippen LogP contribution is 2.29. The van der Waals surface area contributed by atoms with Gasteiger partial charge in [0.15, 0.2) is 17.3 Å². The van der Waals surface area contributed by atoms with Gasteiger partial charge in [-0.1, -0.05) is 6.07 Å². The Bertz CT molecular complexity index is 1080. The van der Waals surface area contributed by atoms with Crippen molar-refractivity contribution in [1.82, 2.24) is 15.1 Å². The van der Waals surface area contributed by atoms with Crippen molar-refractivity contribution in [3.63, 3.8) is 0 Å². The van der Waals surface area contributed by atoms with Gasteiger partial charge in [0, 0.05) is 6.54 Å². The van der Waals surface area contributed by atoms with Crippen LogP contribution in [0.2, 0.25) is 0 Å². The molecule has 0 spiro atoms. The summed E-state index contributed by atoms with van der Waals surface area (Å²) in [4.78, 5) is 12.4. The Kier molecular flexibility index (Phi) is 7.96. The normalized spacial score (nSPS) is 11.3. The first-order valence-corrected chi connectivity index (χ1v) is 10.2. The van der Waals surface area contributed by atoms with Gasteiger partial charge in [0.05, 0.1) is 19.8 Å². The fourth-order valence-electron chi connectivity index (χ4n) is 3.07. The van der Waals surface area contributed by atoms with Crippen molar-refractivity contribution < 1.29 is 36.2 Å². The summed E-state index contributed by atoms with van der Waals surface area (Å²) >= 11 is 0. The Morgan fingerprint density at radius 2 is 1.76 bits per heavy atom. The summed E-state index contributed by atoms with van der Waals surface area (Å²) in [6.07, 6.45) is -5.97. The summed E-state index contributed by atoms with van der Waals surface area (Å²) in [7, 11) is 0. The van der Waals surface area contributed by atoms with Crippen LogP contribution in [0.4, 0.5) is 17.6 Å². The van der Waals surface area contributed by atoms with Crippen LogP contribution in [0.1, 0.15) is 60.0 Å². The predicted molar refractivity (Wildman–Crippen MR) is 110 cm³/mol. The summed E-state index contributed by atoms with van der Waals surface area (Å²) < 4.78 is 69.1. The fourth-order valence-corrected chi connectivity index (χ4v) is 3.07. The van der Waals surface area contributed by atoms with Crippen LogP contribution in [0.5, 0.6) is 11.5 Å². The van der Waals surface area contributed by atoms with Crippen molar-refractivity contribution in [2.75, 3.05) is 13.2 Å². The Balaban J connectivity index is 1.65. The number of furan rings is 1. The highest BCUT2D eigenvalue weighted by Gasteiger charge is 2.22. The highest BCUT2D eigenvalue weighted by atomic mass is 19.3. The SMILES string of the molecule is CCOc1ccc(CNC(=O)c2ccc(Cn3nc(C(F)F)cc3C(F)F)o2)cc1OCC. The summed E-state index contributed by atoms with van der Waals surface area (Å²) in [5.41, 5.74) is -0.649. The number of carbonyl (C=O) groups excluding carboxylic acids is 1. The van der Waals surface area contributed by atoms with Crippen molar-refractivity contribution in [2.45, 2.75) is 39.8 Å². The maximum Gasteiger partial charge on any atom is 0.287 e. The summed E-state index contributed by atoms with van der Waals surface area (Å²) in [5, 5.41) is 6.20. The summed E-state index contributed by atoms with van der Waals surface area (Å²) in [5.74, 6) is 0.688. The van der Waals surface area contributed by atoms with Crippen LogP contribution in [0.3, 0.4) is 0 Å². The van der Waals surface area contributed by atoms with E-state index in [-0.39, 0.29) is 24.6 Å². The molecule has 178 valence electrons. The lowest BCUT2D eigenvalue weighted by molar-refractivity contribution is 0.0920. The number of alkyl halides is 4. The number of nitrogens with zero attached hydrogens (tertiary/aromatic N) is 2. The van der Waals surface area contributed by atoms with Crippen molar-refractivity contribution in [2.24, 2.45) is 0 Å². The van der Waals surface area contributed by atoms with E-state index in [1.807, 2.05) is 13.8 Å². The smallest absolute Gasteiger partial charge is 0.287 e. The monoisotopic (exact) mass is 469 g/mol. The van der Waals surface area contributed by atoms with Crippen LogP contribution >= 0.6 is 0 Å². The molecule has 11 heteroatoms. The number of hydrogen-bond donors (Lipinski definition) is 1. The van der Waals surface area contributed by atoms with Crippen LogP contribution in [-0.2, 0) is 13.1 Å². The van der Waals surface area contributed by atoms with Gasteiger partial charge < -0.3 is 19.2 Å². The molecule has 0 aliphatic rings. The van der Waals surface area contributed by atoms with Gasteiger partial charge in [0.1, 0.15) is 17.1 Å². The molecule has 0 fully saturated rings. The minimum Gasteiger partial charge on any atom is -0.490 e. The second kappa shape index (κ2) is 10.9. The third kappa shape index (κ3) is 6.05. The van der Waals surface area contributed by atoms with E-state index in [0.717, 1.165) is 10.2 Å². The molecular formula is C22H23F4N3O4. The van der Waals surface area contributed by atoms with E-state index in [9.17, 15) is 22.4 Å². The van der Waals surface area contributed by atoms with Crippen molar-refractivity contribution in [3.05, 3.63) is 64.9 Å². The number of carbonyl (C=O) groups is 1. The minimum absolute atomic E-state index is 0.0548. The van der Waals surface area contributed by atoms with Gasteiger partial charge in [-0.15, -0.1) is 0 Å². The van der Waals surface area contributed by atoms with E-state index in [1.165, 1.54) is 12.1 Å². The minimum atomic E-state index is -2.99. The third-order valence-electron chi connectivity index (χ3n) is 4.53. The molecule has 0 unspecified atom stereocenters. The molecule has 3 rings (SSSR count). The lowest BCUT2D eigenvalue weighted by atomic mass is 10.2. The van der Waals surface area contributed by atoms with Crippen LogP contribution in [-0.4, -0.2) is 28.9 Å². The van der Waals surface area contributed by atoms with E-state index in [4.69, 9.17) is 13.9 Å². The molecule has 0 aliphatic carbocycles. The molecule has 0 bridgehead atoms. The van der Waals surface area contributed by atoms with Gasteiger partial charge in [0.25, 0.3) is 18.8 Å². The molecule has 0 aliphatic heterocycles. The van der Waals surface area contributed by atoms with Gasteiger partial charge in [-0.2, -0.15) is 5.10 Å². The Labute approximate surface area is 187 Å². The molecule has 7 nitrogen and oxygen atoms in total. The molecule has 0 saturated heterocycles. The standard InChI is InChI=1S/C22H23F4N3O4/c1-3-31-17-7-5-13(9-19(17)32-4-2)11-27-22(30)18-8-6-14(33-18)12-29-16(21(25)26)10-15(28-29)20(23)24/h5-10,20-21H,3-4,11-12H2,1-2H3,(H,27,30). The number of benzene rings is 1. The molecule has 1 aromatic carbocycles. The first-order chi connectivity index (χ1) is 15.8. The second-order valence-electron chi connectivity index (χ2n) is 6.85. The molecule has 2 heterocycles. The molecule has 3 aromatic rings. The maximum atomic E-state index is 13.1. The van der Waals surface area contributed by atoms with Gasteiger partial charge in [-0.05, 0) is 49.7 Å². The first-order valence-electron chi connectivity index (χ1n) is 10.2. The van der Waals surface area contributed by atoms with Crippen LogP contribution in [0.25, 0.3) is 0 Å². The first kappa shape index (κ1) is 24.1. The van der Waals surface area contributed by atoms with Gasteiger partial charge in [-0.3, -0.25) is 9.48 Å². The van der Waals surface area contributed by atoms with Crippen LogP contribution < -0.4 is 14.8 Å². The lowest BCUT2D eigenvalue weighted by Crippen LogP contribution is -2.22. The van der Waals surface area contributed by atoms with E-state index < -0.39 is 30.1 Å². The molecule has 0 atom stereocenters. The van der Waals surface area contributed by atoms with E-state index in [0.29, 0.717) is 30.8 Å². The lowest BCUT2D eigenvalue weighted by Gasteiger charge is -2.12. The van der Waals surface area contributed by atoms with Gasteiger partial charge >= 0.3 is 0 Å². The number of amides is 1. The molecule has 1 N–H and O–H groups in total. The van der Waals surface area contributed by atoms with Crippen molar-refractivity contribution in [3.8, 4) is 11.5 Å². The number of nitrogens with one attached hydrogen (secondary N) is 1. The zero-order chi connectivity index (χ0) is 24.0. The summed E-state index contributed by atoms with van der Waals surface area (Å²) in [6.45, 7) is 4.50. The number of ether oxygens (including phenoxy) is 2. The quantitative estimate of drug-likeness (QED) is 0.394. The van der Waals surface area contributed by atoms with E-state index in [2.05, 4.69) is 10.4 Å². The largest absolute Gasteiger partial charge is 0.490 e. The predicted octanol–water partition coefficient (Wildman–Crippen LogP) is 5.13. The van der Waals surface area contributed by atoms with Crippen molar-refractivity contribution >= 4 is 5.91 Å². The van der Waals surface area contributed by atoms with E-state index >= 15 is 0 Å². The zero-order valence-corrected chi connectivity index (χ0v) is 18.0. The maximum absolute atomic E-state index is 13.1. The number of rotatable bonds is 11. The number of halogens is 4. The Morgan fingerprint density at radius 1 is 1.03 bits per heavy atom. The highest BCUT2D eigenvalue weighted by molar-refractivity contribution is 5.91. The molecule has 33 heavy (non-hydrogen) atoms. The van der Waals surface area contributed by atoms with Gasteiger partial charge in [-0.25, -0.2) is 17.6 Å². The van der Waals surface area contributed by atoms with E-state index in [1.54, 1.807) is 18.2 Å². The Morgan fingerprint density at radius 3 is 2.42 bits per heavy atom. The van der Waals surface area contributed by atoms with Crippen LogP contribution in [0, 0.1) is 0 Å². The Hall–Kier alpha value is -3.50. The second-order valence-corrected chi connectivity index (χ2v) is 6.85. The topological polar surface area (TPSA) is 78.5 Å². The average molecular weight is 469 g/mol. The molecule has 0 radical (unpaired) electrons. The summed E-state index contributed by atoms with van der Waals surface area (Å²) in [6, 6.07) is 8.71. The molecular weight excluding hydrogens is 446 g/mol.